The van der Waals surface area contributed by atoms with Crippen molar-refractivity contribution >= 4 is 5.91 Å². The summed E-state index contributed by atoms with van der Waals surface area (Å²) in [6, 6.07) is 7.26. The molecular weight excluding hydrogens is 256 g/mol. The third-order valence-electron chi connectivity index (χ3n) is 3.22. The van der Waals surface area contributed by atoms with Gasteiger partial charge in [0.2, 0.25) is 0 Å². The first-order valence-electron chi connectivity index (χ1n) is 7.10. The number of carbonyl (C=O) groups excluding carboxylic acids is 1. The monoisotopic (exact) mass is 278 g/mol. The van der Waals surface area contributed by atoms with E-state index in [1.165, 1.54) is 0 Å². The summed E-state index contributed by atoms with van der Waals surface area (Å²) in [4.78, 5) is 14.3. The molecule has 0 spiro atoms. The first-order valence-corrected chi connectivity index (χ1v) is 7.10. The van der Waals surface area contributed by atoms with Crippen LogP contribution in [0, 0.1) is 0 Å². The highest BCUT2D eigenvalue weighted by atomic mass is 16.5. The molecule has 1 aliphatic heterocycles. The summed E-state index contributed by atoms with van der Waals surface area (Å²) in [7, 11) is 0. The molecule has 1 aromatic rings. The molecule has 0 unspecified atom stereocenters. The fraction of sp³-hybridized carbons (Fsp3) is 0.533. The van der Waals surface area contributed by atoms with E-state index in [2.05, 4.69) is 10.2 Å². The molecule has 0 atom stereocenters. The number of carbonyl (C=O) groups is 1. The number of nitrogens with zero attached hydrogens (tertiary/aromatic N) is 1. The zero-order valence-electron chi connectivity index (χ0n) is 11.9. The summed E-state index contributed by atoms with van der Waals surface area (Å²) in [5.74, 6) is 0.674. The van der Waals surface area contributed by atoms with E-state index in [4.69, 9.17) is 9.47 Å². The highest BCUT2D eigenvalue weighted by Gasteiger charge is 2.11. The van der Waals surface area contributed by atoms with Crippen LogP contribution >= 0.6 is 0 Å². The Morgan fingerprint density at radius 1 is 1.40 bits per heavy atom. The predicted octanol–water partition coefficient (Wildman–Crippen LogP) is 1.15. The minimum atomic E-state index is -0.0557. The lowest BCUT2D eigenvalue weighted by molar-refractivity contribution is 0.0383. The second-order valence-electron chi connectivity index (χ2n) is 4.67. The molecule has 1 fully saturated rings. The Morgan fingerprint density at radius 2 is 2.20 bits per heavy atom. The van der Waals surface area contributed by atoms with Gasteiger partial charge in [-0.05, 0) is 25.1 Å². The highest BCUT2D eigenvalue weighted by molar-refractivity contribution is 5.94. The molecule has 1 aromatic carbocycles. The Labute approximate surface area is 119 Å². The van der Waals surface area contributed by atoms with Crippen LogP contribution in [0.4, 0.5) is 0 Å². The minimum absolute atomic E-state index is 0.0557. The van der Waals surface area contributed by atoms with Crippen LogP contribution in [0.5, 0.6) is 5.75 Å². The molecule has 1 N–H and O–H groups in total. The standard InChI is InChI=1S/C15H22N2O3/c1-2-20-14-5-3-4-13(12-14)15(18)16-6-7-17-8-10-19-11-9-17/h3-5,12H,2,6-11H2,1H3,(H,16,18). The van der Waals surface area contributed by atoms with Crippen molar-refractivity contribution in [3.05, 3.63) is 29.8 Å². The molecule has 1 heterocycles. The Bertz CT molecular complexity index is 431. The van der Waals surface area contributed by atoms with E-state index in [0.29, 0.717) is 18.7 Å². The predicted molar refractivity (Wildman–Crippen MR) is 77.2 cm³/mol. The van der Waals surface area contributed by atoms with Gasteiger partial charge in [0, 0.05) is 31.7 Å². The second kappa shape index (κ2) is 7.87. The number of rotatable bonds is 6. The Hall–Kier alpha value is -1.59. The summed E-state index contributed by atoms with van der Waals surface area (Å²) < 4.78 is 10.7. The van der Waals surface area contributed by atoms with Gasteiger partial charge in [-0.25, -0.2) is 0 Å². The average molecular weight is 278 g/mol. The first-order chi connectivity index (χ1) is 9.79. The lowest BCUT2D eigenvalue weighted by Gasteiger charge is -2.26. The van der Waals surface area contributed by atoms with Crippen molar-refractivity contribution in [2.45, 2.75) is 6.92 Å². The van der Waals surface area contributed by atoms with Crippen LogP contribution in [0.2, 0.25) is 0 Å². The van der Waals surface area contributed by atoms with Crippen molar-refractivity contribution in [3.8, 4) is 5.75 Å². The topological polar surface area (TPSA) is 50.8 Å². The Balaban J connectivity index is 1.77. The van der Waals surface area contributed by atoms with Gasteiger partial charge >= 0.3 is 0 Å². The van der Waals surface area contributed by atoms with Gasteiger partial charge in [0.1, 0.15) is 5.75 Å². The van der Waals surface area contributed by atoms with Crippen molar-refractivity contribution in [1.29, 1.82) is 0 Å². The molecule has 110 valence electrons. The fourth-order valence-corrected chi connectivity index (χ4v) is 2.15. The number of nitrogens with one attached hydrogen (secondary N) is 1. The summed E-state index contributed by atoms with van der Waals surface area (Å²) in [6.45, 7) is 7.48. The van der Waals surface area contributed by atoms with Crippen molar-refractivity contribution in [1.82, 2.24) is 10.2 Å². The molecule has 1 saturated heterocycles. The van der Waals surface area contributed by atoms with E-state index in [-0.39, 0.29) is 5.91 Å². The van der Waals surface area contributed by atoms with E-state index >= 15 is 0 Å². The van der Waals surface area contributed by atoms with Crippen LogP contribution in [-0.4, -0.2) is 56.8 Å². The van der Waals surface area contributed by atoms with Gasteiger partial charge in [-0.15, -0.1) is 0 Å². The molecule has 0 aliphatic carbocycles. The second-order valence-corrected chi connectivity index (χ2v) is 4.67. The molecule has 0 radical (unpaired) electrons. The molecule has 1 aliphatic rings. The maximum atomic E-state index is 12.0. The number of benzene rings is 1. The van der Waals surface area contributed by atoms with E-state index in [0.717, 1.165) is 38.6 Å². The number of morpholine rings is 1. The SMILES string of the molecule is CCOc1cccc(C(=O)NCCN2CCOCC2)c1. The lowest BCUT2D eigenvalue weighted by atomic mass is 10.2. The van der Waals surface area contributed by atoms with Gasteiger partial charge in [-0.3, -0.25) is 9.69 Å². The van der Waals surface area contributed by atoms with E-state index < -0.39 is 0 Å². The maximum absolute atomic E-state index is 12.0. The molecule has 0 aromatic heterocycles. The molecule has 2 rings (SSSR count). The number of hydrogen-bond acceptors (Lipinski definition) is 4. The highest BCUT2D eigenvalue weighted by Crippen LogP contribution is 2.13. The first kappa shape index (κ1) is 14.8. The van der Waals surface area contributed by atoms with Crippen molar-refractivity contribution < 1.29 is 14.3 Å². The van der Waals surface area contributed by atoms with Crippen molar-refractivity contribution in [3.63, 3.8) is 0 Å². The summed E-state index contributed by atoms with van der Waals surface area (Å²) >= 11 is 0. The number of ether oxygens (including phenoxy) is 2. The normalized spacial score (nSPS) is 15.8. The third-order valence-corrected chi connectivity index (χ3v) is 3.22. The van der Waals surface area contributed by atoms with Crippen molar-refractivity contribution in [2.75, 3.05) is 46.0 Å². The lowest BCUT2D eigenvalue weighted by Crippen LogP contribution is -2.41. The smallest absolute Gasteiger partial charge is 0.251 e. The van der Waals surface area contributed by atoms with Crippen LogP contribution in [0.15, 0.2) is 24.3 Å². The number of amides is 1. The molecule has 20 heavy (non-hydrogen) atoms. The molecule has 0 bridgehead atoms. The van der Waals surface area contributed by atoms with Gasteiger partial charge in [0.05, 0.1) is 19.8 Å². The van der Waals surface area contributed by atoms with Gasteiger partial charge in [-0.2, -0.15) is 0 Å². The van der Waals surface area contributed by atoms with Crippen LogP contribution in [0.25, 0.3) is 0 Å². The van der Waals surface area contributed by atoms with Crippen LogP contribution in [0.1, 0.15) is 17.3 Å². The largest absolute Gasteiger partial charge is 0.494 e. The minimum Gasteiger partial charge on any atom is -0.494 e. The molecule has 1 amide bonds. The molecule has 0 saturated carbocycles. The van der Waals surface area contributed by atoms with Crippen LogP contribution in [0.3, 0.4) is 0 Å². The van der Waals surface area contributed by atoms with Gasteiger partial charge < -0.3 is 14.8 Å². The van der Waals surface area contributed by atoms with Gasteiger partial charge in [0.15, 0.2) is 0 Å². The molecule has 5 nitrogen and oxygen atoms in total. The third kappa shape index (κ3) is 4.51. The van der Waals surface area contributed by atoms with Gasteiger partial charge in [-0.1, -0.05) is 6.07 Å². The Morgan fingerprint density at radius 3 is 2.95 bits per heavy atom. The zero-order chi connectivity index (χ0) is 14.2. The molecular formula is C15H22N2O3. The Kier molecular flexibility index (Phi) is 5.83. The summed E-state index contributed by atoms with van der Waals surface area (Å²) in [5, 5.41) is 2.94. The van der Waals surface area contributed by atoms with E-state index in [9.17, 15) is 4.79 Å². The van der Waals surface area contributed by atoms with Gasteiger partial charge in [0.25, 0.3) is 5.91 Å². The zero-order valence-corrected chi connectivity index (χ0v) is 11.9. The van der Waals surface area contributed by atoms with Crippen molar-refractivity contribution in [2.24, 2.45) is 0 Å². The average Bonchev–Trinajstić information content (AvgIpc) is 2.49. The van der Waals surface area contributed by atoms with Crippen LogP contribution < -0.4 is 10.1 Å². The number of hydrogen-bond donors (Lipinski definition) is 1. The van der Waals surface area contributed by atoms with E-state index in [1.54, 1.807) is 12.1 Å². The summed E-state index contributed by atoms with van der Waals surface area (Å²) in [5.41, 5.74) is 0.637. The quantitative estimate of drug-likeness (QED) is 0.848. The van der Waals surface area contributed by atoms with E-state index in [1.807, 2.05) is 19.1 Å². The fourth-order valence-electron chi connectivity index (χ4n) is 2.15. The van der Waals surface area contributed by atoms with Crippen LogP contribution in [-0.2, 0) is 4.74 Å². The summed E-state index contributed by atoms with van der Waals surface area (Å²) in [6.07, 6.45) is 0. The molecule has 5 heteroatoms. The maximum Gasteiger partial charge on any atom is 0.251 e.